The van der Waals surface area contributed by atoms with Gasteiger partial charge in [0.15, 0.2) is 5.69 Å². The van der Waals surface area contributed by atoms with Crippen LogP contribution in [0.25, 0.3) is 10.9 Å². The third-order valence-corrected chi connectivity index (χ3v) is 5.92. The van der Waals surface area contributed by atoms with Crippen molar-refractivity contribution in [1.82, 2.24) is 14.8 Å². The van der Waals surface area contributed by atoms with E-state index in [2.05, 4.69) is 14.8 Å². The SMILES string of the molecule is COC(=O)c1cc2c(C)nn(C3CCN(c4ccc(Cl)c(C(F)(F)F)n4)CC3)c2cc1F. The topological polar surface area (TPSA) is 60.2 Å². The van der Waals surface area contributed by atoms with Crippen LogP contribution < -0.4 is 4.90 Å². The van der Waals surface area contributed by atoms with Gasteiger partial charge in [0.2, 0.25) is 0 Å². The van der Waals surface area contributed by atoms with Crippen molar-refractivity contribution in [2.24, 2.45) is 0 Å². The van der Waals surface area contributed by atoms with Crippen LogP contribution in [-0.2, 0) is 10.9 Å². The van der Waals surface area contributed by atoms with E-state index >= 15 is 0 Å². The molecule has 0 aliphatic carbocycles. The van der Waals surface area contributed by atoms with Crippen LogP contribution in [0.1, 0.15) is 40.6 Å². The quantitative estimate of drug-likeness (QED) is 0.390. The minimum atomic E-state index is -4.63. The highest BCUT2D eigenvalue weighted by atomic mass is 35.5. The summed E-state index contributed by atoms with van der Waals surface area (Å²) in [6, 6.07) is 5.28. The van der Waals surface area contributed by atoms with E-state index in [1.54, 1.807) is 16.5 Å². The Bertz CT molecular complexity index is 1190. The van der Waals surface area contributed by atoms with Gasteiger partial charge in [0.25, 0.3) is 0 Å². The number of carbonyl (C=O) groups is 1. The molecule has 1 aliphatic heterocycles. The van der Waals surface area contributed by atoms with Crippen molar-refractivity contribution in [3.63, 3.8) is 0 Å². The number of hydrogen-bond donors (Lipinski definition) is 0. The molecule has 4 rings (SSSR count). The first-order chi connectivity index (χ1) is 15.1. The molecule has 0 atom stereocenters. The summed E-state index contributed by atoms with van der Waals surface area (Å²) in [4.78, 5) is 17.3. The lowest BCUT2D eigenvalue weighted by molar-refractivity contribution is -0.141. The Hall–Kier alpha value is -2.88. The molecule has 0 bridgehead atoms. The second-order valence-electron chi connectivity index (χ2n) is 7.59. The molecule has 1 aliphatic rings. The van der Waals surface area contributed by atoms with Gasteiger partial charge in [0, 0.05) is 24.5 Å². The summed E-state index contributed by atoms with van der Waals surface area (Å²) in [5.74, 6) is -1.26. The number of esters is 1. The second-order valence-corrected chi connectivity index (χ2v) is 7.99. The van der Waals surface area contributed by atoms with E-state index in [4.69, 9.17) is 11.6 Å². The van der Waals surface area contributed by atoms with Crippen molar-refractivity contribution in [1.29, 1.82) is 0 Å². The summed E-state index contributed by atoms with van der Waals surface area (Å²) in [7, 11) is 1.18. The van der Waals surface area contributed by atoms with Gasteiger partial charge in [-0.3, -0.25) is 4.68 Å². The number of ether oxygens (including phenoxy) is 1. The third kappa shape index (κ3) is 3.99. The van der Waals surface area contributed by atoms with E-state index in [1.807, 2.05) is 0 Å². The summed E-state index contributed by atoms with van der Waals surface area (Å²) >= 11 is 5.66. The summed E-state index contributed by atoms with van der Waals surface area (Å²) < 4.78 is 60.2. The van der Waals surface area contributed by atoms with E-state index in [9.17, 15) is 22.4 Å². The zero-order valence-corrected chi connectivity index (χ0v) is 18.0. The first-order valence-corrected chi connectivity index (χ1v) is 10.2. The number of aromatic nitrogens is 3. The number of rotatable bonds is 3. The van der Waals surface area contributed by atoms with Gasteiger partial charge < -0.3 is 9.64 Å². The number of methoxy groups -OCH3 is 1. The summed E-state index contributed by atoms with van der Waals surface area (Å²) in [5.41, 5.74) is -0.0760. The molecule has 0 spiro atoms. The van der Waals surface area contributed by atoms with Gasteiger partial charge in [-0.05, 0) is 38.0 Å². The number of hydrogen-bond acceptors (Lipinski definition) is 5. The zero-order valence-electron chi connectivity index (χ0n) is 17.2. The Morgan fingerprint density at radius 3 is 2.53 bits per heavy atom. The number of anilines is 1. The Balaban J connectivity index is 1.58. The molecule has 3 heterocycles. The van der Waals surface area contributed by atoms with E-state index < -0.39 is 28.7 Å². The lowest BCUT2D eigenvalue weighted by atomic mass is 10.0. The van der Waals surface area contributed by atoms with E-state index in [0.717, 1.165) is 0 Å². The molecule has 0 saturated carbocycles. The highest BCUT2D eigenvalue weighted by Gasteiger charge is 2.36. The largest absolute Gasteiger partial charge is 0.465 e. The minimum Gasteiger partial charge on any atom is -0.465 e. The van der Waals surface area contributed by atoms with Crippen molar-refractivity contribution >= 4 is 34.3 Å². The molecule has 1 fully saturated rings. The molecule has 32 heavy (non-hydrogen) atoms. The third-order valence-electron chi connectivity index (χ3n) is 5.62. The molecule has 3 aromatic rings. The van der Waals surface area contributed by atoms with Crippen molar-refractivity contribution in [2.75, 3.05) is 25.1 Å². The number of halogens is 5. The van der Waals surface area contributed by atoms with E-state index in [0.29, 0.717) is 42.5 Å². The van der Waals surface area contributed by atoms with Crippen molar-refractivity contribution in [3.8, 4) is 0 Å². The monoisotopic (exact) mass is 470 g/mol. The fraction of sp³-hybridized carbons (Fsp3) is 0.381. The van der Waals surface area contributed by atoms with Gasteiger partial charge in [0.05, 0.1) is 34.9 Å². The Morgan fingerprint density at radius 2 is 1.91 bits per heavy atom. The maximum Gasteiger partial charge on any atom is 0.434 e. The summed E-state index contributed by atoms with van der Waals surface area (Å²) in [5, 5.41) is 4.73. The molecule has 0 N–H and O–H groups in total. The van der Waals surface area contributed by atoms with Crippen molar-refractivity contribution in [3.05, 3.63) is 52.1 Å². The normalized spacial score (nSPS) is 15.4. The maximum atomic E-state index is 14.5. The molecular weight excluding hydrogens is 452 g/mol. The van der Waals surface area contributed by atoms with Crippen molar-refractivity contribution < 1.29 is 27.1 Å². The Morgan fingerprint density at radius 1 is 1.22 bits per heavy atom. The lowest BCUT2D eigenvalue weighted by Crippen LogP contribution is -2.35. The van der Waals surface area contributed by atoms with Crippen LogP contribution in [-0.4, -0.2) is 40.9 Å². The maximum absolute atomic E-state index is 14.5. The molecular formula is C21H19ClF4N4O2. The number of fused-ring (bicyclic) bond motifs is 1. The second kappa shape index (κ2) is 8.23. The smallest absolute Gasteiger partial charge is 0.434 e. The number of nitrogens with zero attached hydrogens (tertiary/aromatic N) is 4. The molecule has 0 amide bonds. The molecule has 0 unspecified atom stereocenters. The van der Waals surface area contributed by atoms with Crippen LogP contribution in [0.3, 0.4) is 0 Å². The van der Waals surface area contributed by atoms with Crippen LogP contribution in [0.5, 0.6) is 0 Å². The standard InChI is InChI=1S/C21H19ClF4N4O2/c1-11-13-9-14(20(31)32-2)16(23)10-17(13)30(28-11)12-5-7-29(8-6-12)18-4-3-15(22)19(27-18)21(24,25)26/h3-4,9-10,12H,5-8H2,1-2H3. The molecule has 170 valence electrons. The van der Waals surface area contributed by atoms with E-state index in [-0.39, 0.29) is 17.4 Å². The average molecular weight is 471 g/mol. The molecule has 2 aromatic heterocycles. The molecule has 1 saturated heterocycles. The summed E-state index contributed by atoms with van der Waals surface area (Å²) in [6.07, 6.45) is -3.49. The van der Waals surface area contributed by atoms with Crippen molar-refractivity contribution in [2.45, 2.75) is 32.0 Å². The van der Waals surface area contributed by atoms with Crippen LogP contribution in [0, 0.1) is 12.7 Å². The minimum absolute atomic E-state index is 0.0831. The van der Waals surface area contributed by atoms with Gasteiger partial charge in [-0.15, -0.1) is 0 Å². The Kier molecular flexibility index (Phi) is 5.74. The fourth-order valence-electron chi connectivity index (χ4n) is 4.00. The lowest BCUT2D eigenvalue weighted by Gasteiger charge is -2.33. The van der Waals surface area contributed by atoms with Crippen LogP contribution in [0.15, 0.2) is 24.3 Å². The predicted molar refractivity (Wildman–Crippen MR) is 111 cm³/mol. The number of carbonyl (C=O) groups excluding carboxylic acids is 1. The van der Waals surface area contributed by atoms with Gasteiger partial charge in [-0.1, -0.05) is 11.6 Å². The first-order valence-electron chi connectivity index (χ1n) is 9.85. The number of pyridine rings is 1. The average Bonchev–Trinajstić information content (AvgIpc) is 3.07. The number of aryl methyl sites for hydroxylation is 1. The van der Waals surface area contributed by atoms with Gasteiger partial charge >= 0.3 is 12.1 Å². The highest BCUT2D eigenvalue weighted by Crippen LogP contribution is 2.36. The zero-order chi connectivity index (χ0) is 23.2. The Labute approximate surface area is 185 Å². The fourth-order valence-corrected chi connectivity index (χ4v) is 4.21. The van der Waals surface area contributed by atoms with Gasteiger partial charge in [0.1, 0.15) is 11.6 Å². The van der Waals surface area contributed by atoms with Crippen LogP contribution in [0.4, 0.5) is 23.4 Å². The number of alkyl halides is 3. The molecule has 0 radical (unpaired) electrons. The molecule has 6 nitrogen and oxygen atoms in total. The number of piperidine rings is 1. The van der Waals surface area contributed by atoms with Crippen LogP contribution in [0.2, 0.25) is 5.02 Å². The molecule has 11 heteroatoms. The summed E-state index contributed by atoms with van der Waals surface area (Å²) in [6.45, 7) is 2.66. The van der Waals surface area contributed by atoms with E-state index in [1.165, 1.54) is 31.4 Å². The number of benzene rings is 1. The van der Waals surface area contributed by atoms with Gasteiger partial charge in [-0.25, -0.2) is 14.2 Å². The highest BCUT2D eigenvalue weighted by molar-refractivity contribution is 6.31. The van der Waals surface area contributed by atoms with Crippen LogP contribution >= 0.6 is 11.6 Å². The predicted octanol–water partition coefficient (Wildman–Crippen LogP) is 5.18. The first kappa shape index (κ1) is 22.3. The van der Waals surface area contributed by atoms with Gasteiger partial charge in [-0.2, -0.15) is 18.3 Å². The molecule has 1 aromatic carbocycles.